The van der Waals surface area contributed by atoms with E-state index in [9.17, 15) is 0 Å². The molecular formula is C44H31N. The Kier molecular flexibility index (Phi) is 4.78. The highest BCUT2D eigenvalue weighted by atomic mass is 15.0. The molecule has 8 aromatic rings. The van der Waals surface area contributed by atoms with Gasteiger partial charge in [-0.05, 0) is 67.4 Å². The molecule has 1 aliphatic heterocycles. The fourth-order valence-corrected chi connectivity index (χ4v) is 9.14. The Morgan fingerprint density at radius 3 is 1.89 bits per heavy atom. The molecule has 1 atom stereocenters. The fraction of sp³-hybridized carbons (Fsp3) is 0.0909. The third-order valence-corrected chi connectivity index (χ3v) is 10.8. The SMILES string of the molecule is CC1(C)c2ccccc2C2(c3ccccc3-n3c4ccccc4c4cccc2c43)c2cccc(-c3cccc4ccccc34)c21. The molecule has 0 bridgehead atoms. The van der Waals surface area contributed by atoms with Gasteiger partial charge in [0, 0.05) is 16.2 Å². The summed E-state index contributed by atoms with van der Waals surface area (Å²) in [6.07, 6.45) is 0. The smallest absolute Gasteiger partial charge is 0.0748 e. The van der Waals surface area contributed by atoms with Crippen molar-refractivity contribution in [3.63, 3.8) is 0 Å². The van der Waals surface area contributed by atoms with Crippen molar-refractivity contribution in [3.8, 4) is 16.8 Å². The van der Waals surface area contributed by atoms with E-state index in [0.29, 0.717) is 0 Å². The van der Waals surface area contributed by atoms with E-state index in [1.165, 1.54) is 82.8 Å². The molecule has 7 aromatic carbocycles. The van der Waals surface area contributed by atoms with Crippen LogP contribution in [0.3, 0.4) is 0 Å². The predicted molar refractivity (Wildman–Crippen MR) is 188 cm³/mol. The van der Waals surface area contributed by atoms with Crippen molar-refractivity contribution in [3.05, 3.63) is 185 Å². The van der Waals surface area contributed by atoms with Gasteiger partial charge >= 0.3 is 0 Å². The van der Waals surface area contributed by atoms with Crippen molar-refractivity contribution < 1.29 is 0 Å². The lowest BCUT2D eigenvalue weighted by Gasteiger charge is -2.50. The second-order valence-electron chi connectivity index (χ2n) is 13.2. The number of fused-ring (bicyclic) bond motifs is 12. The fourth-order valence-electron chi connectivity index (χ4n) is 9.14. The van der Waals surface area contributed by atoms with E-state index in [0.717, 1.165) is 0 Å². The van der Waals surface area contributed by atoms with Crippen LogP contribution in [0.1, 0.15) is 47.2 Å². The van der Waals surface area contributed by atoms with Crippen molar-refractivity contribution in [2.75, 3.05) is 0 Å². The Bertz CT molecular complexity index is 2520. The van der Waals surface area contributed by atoms with Gasteiger partial charge in [0.1, 0.15) is 0 Å². The van der Waals surface area contributed by atoms with Crippen LogP contribution in [0, 0.1) is 0 Å². The van der Waals surface area contributed by atoms with E-state index < -0.39 is 5.41 Å². The van der Waals surface area contributed by atoms with Crippen LogP contribution in [0.2, 0.25) is 0 Å². The highest BCUT2D eigenvalue weighted by Crippen LogP contribution is 2.61. The van der Waals surface area contributed by atoms with Crippen molar-refractivity contribution in [1.82, 2.24) is 4.57 Å². The molecule has 1 nitrogen and oxygen atoms in total. The lowest BCUT2D eigenvalue weighted by molar-refractivity contribution is 0.558. The summed E-state index contributed by atoms with van der Waals surface area (Å²) in [4.78, 5) is 0. The number of hydrogen-bond acceptors (Lipinski definition) is 0. The van der Waals surface area contributed by atoms with E-state index in [-0.39, 0.29) is 5.41 Å². The first-order valence-electron chi connectivity index (χ1n) is 16.0. The number of nitrogens with zero attached hydrogens (tertiary/aromatic N) is 1. The van der Waals surface area contributed by atoms with Gasteiger partial charge in [-0.3, -0.25) is 0 Å². The molecule has 2 aliphatic rings. The van der Waals surface area contributed by atoms with Crippen LogP contribution in [0.4, 0.5) is 0 Å². The normalized spacial score (nSPS) is 17.4. The maximum absolute atomic E-state index is 2.52. The standard InChI is InChI=1S/C44H31N/c1-43(2)34-21-6-7-22-35(34)44(37-24-12-19-32(41(37)43)30-18-11-15-28-14-3-4-16-29(28)30)36-23-8-10-27-40(36)45-39-26-9-5-17-31(39)33-20-13-25-38(44)42(33)45/h3-27H,1-2H3. The van der Waals surface area contributed by atoms with Crippen molar-refractivity contribution in [2.45, 2.75) is 24.7 Å². The van der Waals surface area contributed by atoms with Gasteiger partial charge in [-0.1, -0.05) is 153 Å². The van der Waals surface area contributed by atoms with Gasteiger partial charge in [-0.25, -0.2) is 0 Å². The Morgan fingerprint density at radius 1 is 0.422 bits per heavy atom. The quantitative estimate of drug-likeness (QED) is 0.184. The van der Waals surface area contributed by atoms with E-state index in [1.54, 1.807) is 0 Å². The second kappa shape index (κ2) is 8.61. The zero-order valence-corrected chi connectivity index (χ0v) is 25.4. The summed E-state index contributed by atoms with van der Waals surface area (Å²) in [6.45, 7) is 4.86. The maximum Gasteiger partial charge on any atom is 0.0748 e. The van der Waals surface area contributed by atoms with Gasteiger partial charge in [0.2, 0.25) is 0 Å². The van der Waals surface area contributed by atoms with Crippen LogP contribution in [0.15, 0.2) is 152 Å². The summed E-state index contributed by atoms with van der Waals surface area (Å²) in [5, 5.41) is 5.18. The highest BCUT2D eigenvalue weighted by Gasteiger charge is 2.53. The topological polar surface area (TPSA) is 4.93 Å². The first kappa shape index (κ1) is 25.0. The molecule has 0 amide bonds. The predicted octanol–water partition coefficient (Wildman–Crippen LogP) is 10.9. The van der Waals surface area contributed by atoms with Gasteiger partial charge in [0.05, 0.1) is 22.1 Å². The molecule has 0 saturated carbocycles. The first-order valence-corrected chi connectivity index (χ1v) is 16.0. The minimum Gasteiger partial charge on any atom is -0.309 e. The van der Waals surface area contributed by atoms with E-state index >= 15 is 0 Å². The number of benzene rings is 7. The van der Waals surface area contributed by atoms with Gasteiger partial charge in [0.15, 0.2) is 0 Å². The number of rotatable bonds is 1. The van der Waals surface area contributed by atoms with Gasteiger partial charge in [-0.15, -0.1) is 0 Å². The Hall–Kier alpha value is -5.40. The molecule has 1 aromatic heterocycles. The lowest BCUT2D eigenvalue weighted by Crippen LogP contribution is -2.44. The lowest BCUT2D eigenvalue weighted by atomic mass is 9.52. The van der Waals surface area contributed by atoms with Gasteiger partial charge in [0.25, 0.3) is 0 Å². The van der Waals surface area contributed by atoms with Gasteiger partial charge < -0.3 is 4.57 Å². The average Bonchev–Trinajstić information content (AvgIpc) is 3.43. The summed E-state index contributed by atoms with van der Waals surface area (Å²) in [5.41, 5.74) is 14.0. The number of hydrogen-bond donors (Lipinski definition) is 0. The van der Waals surface area contributed by atoms with E-state index in [1.807, 2.05) is 0 Å². The van der Waals surface area contributed by atoms with Crippen LogP contribution in [-0.2, 0) is 10.8 Å². The molecule has 0 radical (unpaired) electrons. The summed E-state index contributed by atoms with van der Waals surface area (Å²) in [7, 11) is 0. The molecule has 1 unspecified atom stereocenters. The largest absolute Gasteiger partial charge is 0.309 e. The molecule has 45 heavy (non-hydrogen) atoms. The summed E-state index contributed by atoms with van der Waals surface area (Å²) < 4.78 is 2.52. The minimum absolute atomic E-state index is 0.224. The third kappa shape index (κ3) is 2.94. The van der Waals surface area contributed by atoms with Crippen molar-refractivity contribution >= 4 is 32.6 Å². The molecule has 2 heterocycles. The minimum atomic E-state index is -0.484. The maximum atomic E-state index is 2.52. The average molecular weight is 574 g/mol. The molecule has 1 aliphatic carbocycles. The summed E-state index contributed by atoms with van der Waals surface area (Å²) in [5.74, 6) is 0. The molecule has 0 saturated heterocycles. The van der Waals surface area contributed by atoms with Crippen LogP contribution in [-0.4, -0.2) is 4.57 Å². The highest BCUT2D eigenvalue weighted by molar-refractivity contribution is 6.12. The van der Waals surface area contributed by atoms with Crippen molar-refractivity contribution in [2.24, 2.45) is 0 Å². The molecule has 0 N–H and O–H groups in total. The Balaban J connectivity index is 1.45. The summed E-state index contributed by atoms with van der Waals surface area (Å²) >= 11 is 0. The van der Waals surface area contributed by atoms with Crippen LogP contribution in [0.25, 0.3) is 49.4 Å². The van der Waals surface area contributed by atoms with Crippen LogP contribution in [0.5, 0.6) is 0 Å². The Labute approximate surface area is 263 Å². The molecular weight excluding hydrogens is 542 g/mol. The molecule has 1 spiro atoms. The van der Waals surface area contributed by atoms with E-state index in [2.05, 4.69) is 170 Å². The molecule has 1 heteroatoms. The number of para-hydroxylation sites is 3. The molecule has 212 valence electrons. The summed E-state index contributed by atoms with van der Waals surface area (Å²) in [6, 6.07) is 56.9. The van der Waals surface area contributed by atoms with Crippen LogP contribution >= 0.6 is 0 Å². The Morgan fingerprint density at radius 2 is 1.00 bits per heavy atom. The molecule has 0 fully saturated rings. The first-order chi connectivity index (χ1) is 22.1. The second-order valence-corrected chi connectivity index (χ2v) is 13.2. The van der Waals surface area contributed by atoms with E-state index in [4.69, 9.17) is 0 Å². The zero-order chi connectivity index (χ0) is 29.9. The van der Waals surface area contributed by atoms with Crippen molar-refractivity contribution in [1.29, 1.82) is 0 Å². The number of aromatic nitrogens is 1. The van der Waals surface area contributed by atoms with Crippen LogP contribution < -0.4 is 0 Å². The molecule has 10 rings (SSSR count). The van der Waals surface area contributed by atoms with Gasteiger partial charge in [-0.2, -0.15) is 0 Å². The third-order valence-electron chi connectivity index (χ3n) is 10.8. The zero-order valence-electron chi connectivity index (χ0n) is 25.4. The monoisotopic (exact) mass is 573 g/mol.